The predicted molar refractivity (Wildman–Crippen MR) is 93.7 cm³/mol. The van der Waals surface area contributed by atoms with Gasteiger partial charge in [0.1, 0.15) is 17.4 Å². The summed E-state index contributed by atoms with van der Waals surface area (Å²) >= 11 is 0. The van der Waals surface area contributed by atoms with E-state index in [1.54, 1.807) is 11.8 Å². The van der Waals surface area contributed by atoms with Crippen molar-refractivity contribution in [2.24, 2.45) is 5.92 Å². The quantitative estimate of drug-likeness (QED) is 0.840. The van der Waals surface area contributed by atoms with Crippen LogP contribution in [0.25, 0.3) is 0 Å². The highest BCUT2D eigenvalue weighted by atomic mass is 16.6. The van der Waals surface area contributed by atoms with Crippen molar-refractivity contribution in [3.63, 3.8) is 0 Å². The van der Waals surface area contributed by atoms with Gasteiger partial charge in [-0.05, 0) is 53.9 Å². The molecule has 1 heterocycles. The smallest absolute Gasteiger partial charge is 0.412 e. The molecule has 2 aliphatic rings. The SMILES string of the molecule is C[C@H](O)[C@@H]1OC(C)(C)N(C(=O)OC(C)(C)C)[C@H]1CC1CCCCC1. The van der Waals surface area contributed by atoms with Crippen LogP contribution in [-0.2, 0) is 9.47 Å². The van der Waals surface area contributed by atoms with Crippen molar-refractivity contribution in [2.75, 3.05) is 0 Å². The lowest BCUT2D eigenvalue weighted by Crippen LogP contribution is -2.51. The average Bonchev–Trinajstić information content (AvgIpc) is 2.69. The first-order valence-electron chi connectivity index (χ1n) is 9.39. The molecule has 1 amide bonds. The van der Waals surface area contributed by atoms with Crippen LogP contribution in [0.1, 0.15) is 80.1 Å². The van der Waals surface area contributed by atoms with Gasteiger partial charge in [-0.15, -0.1) is 0 Å². The molecule has 0 aromatic carbocycles. The lowest BCUT2D eigenvalue weighted by atomic mass is 9.83. The molecule has 0 aromatic heterocycles. The van der Waals surface area contributed by atoms with E-state index in [0.717, 1.165) is 6.42 Å². The third kappa shape index (κ3) is 4.63. The molecule has 5 heteroatoms. The molecule has 24 heavy (non-hydrogen) atoms. The minimum Gasteiger partial charge on any atom is -0.444 e. The van der Waals surface area contributed by atoms with Crippen molar-refractivity contribution in [1.82, 2.24) is 4.90 Å². The van der Waals surface area contributed by atoms with Crippen molar-refractivity contribution < 1.29 is 19.4 Å². The second-order valence-corrected chi connectivity index (χ2v) is 8.93. The fourth-order valence-corrected chi connectivity index (χ4v) is 4.10. The largest absolute Gasteiger partial charge is 0.444 e. The number of hydrogen-bond donors (Lipinski definition) is 1. The lowest BCUT2D eigenvalue weighted by Gasteiger charge is -2.37. The Bertz CT molecular complexity index is 435. The summed E-state index contributed by atoms with van der Waals surface area (Å²) in [4.78, 5) is 14.6. The summed E-state index contributed by atoms with van der Waals surface area (Å²) in [5, 5.41) is 10.2. The predicted octanol–water partition coefficient (Wildman–Crippen LogP) is 4.08. The summed E-state index contributed by atoms with van der Waals surface area (Å²) in [5.41, 5.74) is -1.32. The van der Waals surface area contributed by atoms with Gasteiger partial charge in [-0.25, -0.2) is 4.79 Å². The number of carbonyl (C=O) groups is 1. The number of nitrogens with zero attached hydrogens (tertiary/aromatic N) is 1. The molecule has 0 radical (unpaired) electrons. The molecule has 2 fully saturated rings. The Morgan fingerprint density at radius 3 is 2.38 bits per heavy atom. The molecule has 1 saturated heterocycles. The minimum atomic E-state index is -0.774. The Kier molecular flexibility index (Phi) is 5.86. The maximum Gasteiger partial charge on any atom is 0.412 e. The first-order chi connectivity index (χ1) is 11.0. The zero-order valence-electron chi connectivity index (χ0n) is 16.2. The lowest BCUT2D eigenvalue weighted by molar-refractivity contribution is -0.1000. The highest BCUT2D eigenvalue weighted by Crippen LogP contribution is 2.40. The zero-order chi connectivity index (χ0) is 18.1. The summed E-state index contributed by atoms with van der Waals surface area (Å²) in [6, 6.07) is -0.141. The van der Waals surface area contributed by atoms with Crippen LogP contribution >= 0.6 is 0 Å². The third-order valence-corrected chi connectivity index (χ3v) is 5.08. The molecule has 0 aromatic rings. The third-order valence-electron chi connectivity index (χ3n) is 5.08. The fraction of sp³-hybridized carbons (Fsp3) is 0.947. The summed E-state index contributed by atoms with van der Waals surface area (Å²) < 4.78 is 11.7. The normalized spacial score (nSPS) is 29.5. The maximum atomic E-state index is 12.8. The molecule has 0 bridgehead atoms. The van der Waals surface area contributed by atoms with Gasteiger partial charge in [0.05, 0.1) is 12.1 Å². The van der Waals surface area contributed by atoms with Crippen molar-refractivity contribution in [3.05, 3.63) is 0 Å². The van der Waals surface area contributed by atoms with Crippen molar-refractivity contribution >= 4 is 6.09 Å². The van der Waals surface area contributed by atoms with E-state index in [2.05, 4.69) is 0 Å². The zero-order valence-corrected chi connectivity index (χ0v) is 16.2. The van der Waals surface area contributed by atoms with E-state index in [4.69, 9.17) is 9.47 Å². The van der Waals surface area contributed by atoms with Crippen LogP contribution in [0.3, 0.4) is 0 Å². The number of amides is 1. The molecule has 3 atom stereocenters. The van der Waals surface area contributed by atoms with Crippen LogP contribution < -0.4 is 0 Å². The molecular formula is C19H35NO4. The average molecular weight is 341 g/mol. The number of ether oxygens (including phenoxy) is 2. The minimum absolute atomic E-state index is 0.141. The molecule has 0 spiro atoms. The second-order valence-electron chi connectivity index (χ2n) is 8.93. The number of hydrogen-bond acceptors (Lipinski definition) is 4. The maximum absolute atomic E-state index is 12.8. The van der Waals surface area contributed by atoms with E-state index >= 15 is 0 Å². The molecule has 0 unspecified atom stereocenters. The van der Waals surface area contributed by atoms with E-state index in [0.29, 0.717) is 5.92 Å². The van der Waals surface area contributed by atoms with Crippen LogP contribution in [-0.4, -0.2) is 45.7 Å². The van der Waals surface area contributed by atoms with Gasteiger partial charge in [-0.3, -0.25) is 4.90 Å². The van der Waals surface area contributed by atoms with Crippen molar-refractivity contribution in [3.8, 4) is 0 Å². The number of rotatable bonds is 3. The van der Waals surface area contributed by atoms with Gasteiger partial charge in [-0.2, -0.15) is 0 Å². The van der Waals surface area contributed by atoms with Crippen molar-refractivity contribution in [1.29, 1.82) is 0 Å². The van der Waals surface area contributed by atoms with Crippen LogP contribution in [0.4, 0.5) is 4.79 Å². The molecule has 2 rings (SSSR count). The van der Waals surface area contributed by atoms with Gasteiger partial charge in [0.25, 0.3) is 0 Å². The van der Waals surface area contributed by atoms with Crippen LogP contribution in [0.2, 0.25) is 0 Å². The van der Waals surface area contributed by atoms with Gasteiger partial charge in [-0.1, -0.05) is 32.1 Å². The summed E-state index contributed by atoms with van der Waals surface area (Å²) in [6.45, 7) is 11.1. The molecule has 1 aliphatic heterocycles. The van der Waals surface area contributed by atoms with Gasteiger partial charge in [0, 0.05) is 0 Å². The Labute approximate surface area is 146 Å². The second kappa shape index (κ2) is 7.20. The monoisotopic (exact) mass is 341 g/mol. The first kappa shape index (κ1) is 19.5. The summed E-state index contributed by atoms with van der Waals surface area (Å²) in [5.74, 6) is 0.590. The highest BCUT2D eigenvalue weighted by Gasteiger charge is 2.52. The number of aliphatic hydroxyl groups excluding tert-OH is 1. The molecule has 140 valence electrons. The van der Waals surface area contributed by atoms with Crippen LogP contribution in [0.15, 0.2) is 0 Å². The molecule has 5 nitrogen and oxygen atoms in total. The Balaban J connectivity index is 2.22. The first-order valence-corrected chi connectivity index (χ1v) is 9.39. The fourth-order valence-electron chi connectivity index (χ4n) is 4.10. The number of aliphatic hydroxyl groups is 1. The molecule has 1 aliphatic carbocycles. The van der Waals surface area contributed by atoms with Gasteiger partial charge in [0.2, 0.25) is 0 Å². The summed E-state index contributed by atoms with van der Waals surface area (Å²) in [6.07, 6.45) is 5.76. The Hall–Kier alpha value is -0.810. The van der Waals surface area contributed by atoms with Crippen LogP contribution in [0.5, 0.6) is 0 Å². The van der Waals surface area contributed by atoms with E-state index in [9.17, 15) is 9.90 Å². The summed E-state index contributed by atoms with van der Waals surface area (Å²) in [7, 11) is 0. The molecular weight excluding hydrogens is 306 g/mol. The van der Waals surface area contributed by atoms with Gasteiger partial charge in [0.15, 0.2) is 0 Å². The van der Waals surface area contributed by atoms with Gasteiger partial charge >= 0.3 is 6.09 Å². The van der Waals surface area contributed by atoms with E-state index in [-0.39, 0.29) is 18.2 Å². The highest BCUT2D eigenvalue weighted by molar-refractivity contribution is 5.70. The molecule has 1 saturated carbocycles. The van der Waals surface area contributed by atoms with Crippen LogP contribution in [0, 0.1) is 5.92 Å². The van der Waals surface area contributed by atoms with E-state index in [1.807, 2.05) is 34.6 Å². The Morgan fingerprint density at radius 1 is 1.29 bits per heavy atom. The molecule has 1 N–H and O–H groups in total. The standard InChI is InChI=1S/C19H35NO4/c1-13(21)16-15(12-14-10-8-7-9-11-14)20(19(5,6)23-16)17(22)24-18(2,3)4/h13-16,21H,7-12H2,1-6H3/t13-,15-,16-/m0/s1. The van der Waals surface area contributed by atoms with E-state index in [1.165, 1.54) is 32.1 Å². The topological polar surface area (TPSA) is 59.0 Å². The number of carbonyl (C=O) groups excluding carboxylic acids is 1. The van der Waals surface area contributed by atoms with Gasteiger partial charge < -0.3 is 14.6 Å². The van der Waals surface area contributed by atoms with E-state index < -0.39 is 17.4 Å². The Morgan fingerprint density at radius 2 is 1.88 bits per heavy atom. The van der Waals surface area contributed by atoms with Crippen molar-refractivity contribution in [2.45, 2.75) is 110 Å².